The van der Waals surface area contributed by atoms with E-state index in [1.165, 1.54) is 12.4 Å². The predicted octanol–water partition coefficient (Wildman–Crippen LogP) is 1.10. The van der Waals surface area contributed by atoms with Gasteiger partial charge in [0.05, 0.1) is 18.4 Å². The van der Waals surface area contributed by atoms with Crippen LogP contribution in [-0.4, -0.2) is 21.5 Å². The molecule has 2 heterocycles. The molecule has 2 N–H and O–H groups in total. The molecule has 0 saturated heterocycles. The highest BCUT2D eigenvalue weighted by molar-refractivity contribution is 6.32. The molecule has 86 valence electrons. The molecule has 2 rings (SSSR count). The molecular formula is C11H10ClN4O+. The molecule has 0 unspecified atom stereocenters. The maximum atomic E-state index is 9.29. The van der Waals surface area contributed by atoms with Crippen molar-refractivity contribution in [3.63, 3.8) is 0 Å². The molecule has 0 aliphatic heterocycles. The predicted molar refractivity (Wildman–Crippen MR) is 63.3 cm³/mol. The summed E-state index contributed by atoms with van der Waals surface area (Å²) in [5.74, 6) is 2.45. The third-order valence-corrected chi connectivity index (χ3v) is 2.36. The number of anilines is 1. The van der Waals surface area contributed by atoms with E-state index in [0.29, 0.717) is 23.1 Å². The standard InChI is InChI=1S/C11H10ClN4O/c1-2-5-13-10-8-16(14-11(10)12)9-4-3-6-15(17)7-9/h1,3-4,6-8,13,17H,5H2/q+1. The van der Waals surface area contributed by atoms with Gasteiger partial charge in [0.1, 0.15) is 5.69 Å². The number of rotatable bonds is 3. The monoisotopic (exact) mass is 249 g/mol. The highest BCUT2D eigenvalue weighted by atomic mass is 35.5. The molecular weight excluding hydrogens is 240 g/mol. The van der Waals surface area contributed by atoms with Gasteiger partial charge in [-0.15, -0.1) is 6.42 Å². The van der Waals surface area contributed by atoms with Crippen molar-refractivity contribution in [3.8, 4) is 18.0 Å². The number of aromatic nitrogens is 3. The second-order valence-corrected chi connectivity index (χ2v) is 3.64. The lowest BCUT2D eigenvalue weighted by Gasteiger charge is -1.97. The fourth-order valence-electron chi connectivity index (χ4n) is 1.34. The Labute approximate surface area is 103 Å². The number of nitrogens with zero attached hydrogens (tertiary/aromatic N) is 3. The van der Waals surface area contributed by atoms with E-state index in [1.54, 1.807) is 23.0 Å². The van der Waals surface area contributed by atoms with Crippen LogP contribution in [0.2, 0.25) is 5.15 Å². The van der Waals surface area contributed by atoms with Crippen molar-refractivity contribution in [3.05, 3.63) is 35.9 Å². The molecule has 0 spiro atoms. The Kier molecular flexibility index (Phi) is 3.17. The van der Waals surface area contributed by atoms with Crippen molar-refractivity contribution < 1.29 is 9.94 Å². The highest BCUT2D eigenvalue weighted by Gasteiger charge is 2.09. The van der Waals surface area contributed by atoms with E-state index in [1.807, 2.05) is 0 Å². The van der Waals surface area contributed by atoms with E-state index >= 15 is 0 Å². The Balaban J connectivity index is 2.31. The van der Waals surface area contributed by atoms with Crippen molar-refractivity contribution >= 4 is 17.3 Å². The third kappa shape index (κ3) is 2.49. The minimum Gasteiger partial charge on any atom is -0.370 e. The van der Waals surface area contributed by atoms with E-state index in [4.69, 9.17) is 18.0 Å². The molecule has 2 aromatic heterocycles. The van der Waals surface area contributed by atoms with Crippen molar-refractivity contribution in [1.29, 1.82) is 0 Å². The molecule has 0 bridgehead atoms. The van der Waals surface area contributed by atoms with Crippen molar-refractivity contribution in [2.24, 2.45) is 0 Å². The van der Waals surface area contributed by atoms with Crippen LogP contribution >= 0.6 is 11.6 Å². The minimum absolute atomic E-state index is 0.327. The van der Waals surface area contributed by atoms with Crippen LogP contribution in [0.4, 0.5) is 5.69 Å². The summed E-state index contributed by atoms with van der Waals surface area (Å²) in [5, 5.41) is 16.7. The molecule has 2 aromatic rings. The van der Waals surface area contributed by atoms with Crippen molar-refractivity contribution in [1.82, 2.24) is 9.78 Å². The van der Waals surface area contributed by atoms with E-state index in [9.17, 15) is 5.21 Å². The van der Waals surface area contributed by atoms with E-state index in [0.717, 1.165) is 4.73 Å². The lowest BCUT2D eigenvalue weighted by atomic mass is 10.4. The summed E-state index contributed by atoms with van der Waals surface area (Å²) in [5.41, 5.74) is 1.34. The van der Waals surface area contributed by atoms with Gasteiger partial charge in [0.15, 0.2) is 5.15 Å². The molecule has 0 radical (unpaired) electrons. The van der Waals surface area contributed by atoms with Gasteiger partial charge in [0.2, 0.25) is 12.4 Å². The first-order valence-corrected chi connectivity index (χ1v) is 5.22. The van der Waals surface area contributed by atoms with Gasteiger partial charge < -0.3 is 5.32 Å². The van der Waals surface area contributed by atoms with Crippen LogP contribution in [0.25, 0.3) is 5.69 Å². The van der Waals surface area contributed by atoms with E-state index < -0.39 is 0 Å². The Bertz CT molecular complexity index is 573. The highest BCUT2D eigenvalue weighted by Crippen LogP contribution is 2.20. The summed E-state index contributed by atoms with van der Waals surface area (Å²) in [6, 6.07) is 3.49. The average molecular weight is 250 g/mol. The van der Waals surface area contributed by atoms with E-state index in [-0.39, 0.29) is 0 Å². The molecule has 17 heavy (non-hydrogen) atoms. The second-order valence-electron chi connectivity index (χ2n) is 3.28. The van der Waals surface area contributed by atoms with Gasteiger partial charge in [-0.2, -0.15) is 5.10 Å². The van der Waals surface area contributed by atoms with Crippen LogP contribution in [0.1, 0.15) is 0 Å². The van der Waals surface area contributed by atoms with Crippen molar-refractivity contribution in [2.75, 3.05) is 11.9 Å². The number of nitrogens with one attached hydrogen (secondary N) is 1. The van der Waals surface area contributed by atoms with Crippen LogP contribution < -0.4 is 10.0 Å². The van der Waals surface area contributed by atoms with Gasteiger partial charge in [0, 0.05) is 10.8 Å². The summed E-state index contributed by atoms with van der Waals surface area (Å²) in [6.45, 7) is 0.375. The topological polar surface area (TPSA) is 54.0 Å². The number of pyridine rings is 1. The molecule has 5 nitrogen and oxygen atoms in total. The maximum absolute atomic E-state index is 9.29. The van der Waals surface area contributed by atoms with Gasteiger partial charge in [-0.1, -0.05) is 17.5 Å². The number of hydrogen-bond acceptors (Lipinski definition) is 3. The van der Waals surface area contributed by atoms with Crippen LogP contribution in [0.5, 0.6) is 0 Å². The molecule has 0 saturated carbocycles. The molecule has 0 aromatic carbocycles. The molecule has 0 aliphatic rings. The number of hydrogen-bond donors (Lipinski definition) is 2. The minimum atomic E-state index is 0.327. The van der Waals surface area contributed by atoms with Crippen molar-refractivity contribution in [2.45, 2.75) is 0 Å². The van der Waals surface area contributed by atoms with Crippen LogP contribution in [-0.2, 0) is 0 Å². The smallest absolute Gasteiger partial charge is 0.247 e. The molecule has 0 fully saturated rings. The second kappa shape index (κ2) is 4.76. The quantitative estimate of drug-likeness (QED) is 0.487. The average Bonchev–Trinajstić information content (AvgIpc) is 2.68. The number of halogens is 1. The summed E-state index contributed by atoms with van der Waals surface area (Å²) in [6.07, 6.45) is 9.86. The Morgan fingerprint density at radius 1 is 1.65 bits per heavy atom. The Morgan fingerprint density at radius 3 is 3.18 bits per heavy atom. The molecule has 0 aliphatic carbocycles. The molecule has 0 atom stereocenters. The summed E-state index contributed by atoms with van der Waals surface area (Å²) in [4.78, 5) is 0. The zero-order valence-corrected chi connectivity index (χ0v) is 9.59. The molecule has 0 amide bonds. The molecule has 6 heteroatoms. The fraction of sp³-hybridized carbons (Fsp3) is 0.0909. The van der Waals surface area contributed by atoms with Crippen LogP contribution in [0.15, 0.2) is 30.7 Å². The van der Waals surface area contributed by atoms with Crippen LogP contribution in [0, 0.1) is 12.3 Å². The number of terminal acetylenes is 1. The zero-order chi connectivity index (χ0) is 12.3. The van der Waals surface area contributed by atoms with Crippen LogP contribution in [0.3, 0.4) is 0 Å². The summed E-state index contributed by atoms with van der Waals surface area (Å²) < 4.78 is 2.49. The van der Waals surface area contributed by atoms with Gasteiger partial charge in [-0.3, -0.25) is 5.21 Å². The first-order valence-electron chi connectivity index (χ1n) is 4.84. The first-order chi connectivity index (χ1) is 8.20. The fourth-order valence-corrected chi connectivity index (χ4v) is 1.53. The van der Waals surface area contributed by atoms with Gasteiger partial charge in [-0.25, -0.2) is 4.68 Å². The Morgan fingerprint density at radius 2 is 2.47 bits per heavy atom. The van der Waals surface area contributed by atoms with Gasteiger partial charge in [-0.05, 0) is 6.07 Å². The summed E-state index contributed by atoms with van der Waals surface area (Å²) in [7, 11) is 0. The van der Waals surface area contributed by atoms with Gasteiger partial charge >= 0.3 is 0 Å². The maximum Gasteiger partial charge on any atom is 0.247 e. The Hall–Kier alpha value is -2.19. The normalized spacial score (nSPS) is 9.88. The SMILES string of the molecule is C#CCNc1cn(-c2ccc[n+](O)c2)nc1Cl. The largest absolute Gasteiger partial charge is 0.370 e. The lowest BCUT2D eigenvalue weighted by molar-refractivity contribution is -0.904. The summed E-state index contributed by atoms with van der Waals surface area (Å²) >= 11 is 5.94. The third-order valence-electron chi connectivity index (χ3n) is 2.08. The van der Waals surface area contributed by atoms with E-state index in [2.05, 4.69) is 16.3 Å². The lowest BCUT2D eigenvalue weighted by Crippen LogP contribution is -2.29. The zero-order valence-electron chi connectivity index (χ0n) is 8.84. The van der Waals surface area contributed by atoms with Gasteiger partial charge in [0.25, 0.3) is 0 Å². The first kappa shape index (κ1) is 11.3.